The molecular formula is C38H36N2O3. The van der Waals surface area contributed by atoms with E-state index in [0.29, 0.717) is 18.4 Å². The molecule has 0 radical (unpaired) electrons. The van der Waals surface area contributed by atoms with Crippen LogP contribution in [0.15, 0.2) is 120 Å². The molecule has 0 saturated carbocycles. The fourth-order valence-electron chi connectivity index (χ4n) is 6.04. The van der Waals surface area contributed by atoms with Crippen molar-refractivity contribution in [1.82, 2.24) is 0 Å². The summed E-state index contributed by atoms with van der Waals surface area (Å²) in [7, 11) is 0. The number of benzene rings is 4. The van der Waals surface area contributed by atoms with Gasteiger partial charge < -0.3 is 10.1 Å². The number of nitrogens with one attached hydrogen (secondary N) is 1. The summed E-state index contributed by atoms with van der Waals surface area (Å²) in [5, 5.41) is 3.61. The maximum Gasteiger partial charge on any atom is 0.251 e. The van der Waals surface area contributed by atoms with Gasteiger partial charge in [-0.3, -0.25) is 14.5 Å². The van der Waals surface area contributed by atoms with Crippen LogP contribution >= 0.6 is 0 Å². The topological polar surface area (TPSA) is 58.6 Å². The monoisotopic (exact) mass is 568 g/mol. The second-order valence-electron chi connectivity index (χ2n) is 11.6. The Labute approximate surface area is 253 Å². The highest BCUT2D eigenvalue weighted by atomic mass is 16.5. The average molecular weight is 569 g/mol. The minimum atomic E-state index is -0.612. The van der Waals surface area contributed by atoms with E-state index >= 15 is 0 Å². The van der Waals surface area contributed by atoms with Gasteiger partial charge in [0.2, 0.25) is 0 Å². The third kappa shape index (κ3) is 6.02. The SMILES string of the molecule is Cc1ccc(C2CC(=O)C3=C(C2)Nc2ccccc2N(C(=O)/C=C/c2ccccc2)C3c2ccc(OC(C)C)cc2)cc1. The molecule has 216 valence electrons. The van der Waals surface area contributed by atoms with Crippen molar-refractivity contribution in [3.8, 4) is 5.75 Å². The van der Waals surface area contributed by atoms with E-state index in [1.807, 2.05) is 98.8 Å². The minimum Gasteiger partial charge on any atom is -0.491 e. The molecule has 5 nitrogen and oxygen atoms in total. The number of hydrogen-bond donors (Lipinski definition) is 1. The van der Waals surface area contributed by atoms with E-state index in [-0.39, 0.29) is 23.7 Å². The van der Waals surface area contributed by atoms with Gasteiger partial charge in [-0.2, -0.15) is 0 Å². The van der Waals surface area contributed by atoms with Crippen molar-refractivity contribution >= 4 is 29.1 Å². The fraction of sp³-hybridized carbons (Fsp3) is 0.211. The first-order valence-electron chi connectivity index (χ1n) is 14.9. The van der Waals surface area contributed by atoms with E-state index in [2.05, 4.69) is 36.5 Å². The van der Waals surface area contributed by atoms with E-state index in [1.165, 1.54) is 5.56 Å². The van der Waals surface area contributed by atoms with Crippen LogP contribution < -0.4 is 15.0 Å². The van der Waals surface area contributed by atoms with Gasteiger partial charge in [0, 0.05) is 23.8 Å². The normalized spacial score (nSPS) is 18.2. The molecule has 0 bridgehead atoms. The lowest BCUT2D eigenvalue weighted by Gasteiger charge is -2.34. The number of carbonyl (C=O) groups is 2. The molecule has 2 aliphatic rings. The van der Waals surface area contributed by atoms with Gasteiger partial charge >= 0.3 is 0 Å². The predicted molar refractivity (Wildman–Crippen MR) is 173 cm³/mol. The number of fused-ring (bicyclic) bond motifs is 1. The third-order valence-electron chi connectivity index (χ3n) is 8.06. The Bertz CT molecular complexity index is 1690. The number of hydrogen-bond acceptors (Lipinski definition) is 4. The van der Waals surface area contributed by atoms with Gasteiger partial charge in [0.25, 0.3) is 5.91 Å². The lowest BCUT2D eigenvalue weighted by molar-refractivity contribution is -0.116. The Morgan fingerprint density at radius 1 is 0.860 bits per heavy atom. The summed E-state index contributed by atoms with van der Waals surface area (Å²) in [4.78, 5) is 30.3. The molecule has 5 heteroatoms. The van der Waals surface area contributed by atoms with Crippen LogP contribution in [0.3, 0.4) is 0 Å². The zero-order chi connectivity index (χ0) is 29.9. The Morgan fingerprint density at radius 3 is 2.26 bits per heavy atom. The molecule has 1 N–H and O–H groups in total. The van der Waals surface area contributed by atoms with Crippen molar-refractivity contribution in [1.29, 1.82) is 0 Å². The summed E-state index contributed by atoms with van der Waals surface area (Å²) in [6.45, 7) is 6.05. The Kier molecular flexibility index (Phi) is 7.97. The van der Waals surface area contributed by atoms with Crippen LogP contribution in [0.1, 0.15) is 60.9 Å². The standard InChI is InChI=1S/C38H36N2O3/c1-25(2)43-31-20-18-29(19-21-31)38-37-33(23-30(24-35(37)41)28-16-13-26(3)14-17-28)39-32-11-7-8-12-34(32)40(38)36(42)22-15-27-9-5-4-6-10-27/h4-22,25,30,38-39H,23-24H2,1-3H3/b22-15+. The van der Waals surface area contributed by atoms with Crippen LogP contribution in [0, 0.1) is 6.92 Å². The molecule has 2 atom stereocenters. The molecule has 0 aromatic heterocycles. The van der Waals surface area contributed by atoms with Gasteiger partial charge in [0.15, 0.2) is 5.78 Å². The Hall–Kier alpha value is -4.90. The second kappa shape index (κ2) is 12.1. The van der Waals surface area contributed by atoms with Gasteiger partial charge in [-0.25, -0.2) is 0 Å². The molecule has 0 spiro atoms. The zero-order valence-corrected chi connectivity index (χ0v) is 24.8. The first-order valence-corrected chi connectivity index (χ1v) is 14.9. The maximum absolute atomic E-state index is 14.2. The lowest BCUT2D eigenvalue weighted by Crippen LogP contribution is -2.37. The number of ketones is 1. The Balaban J connectivity index is 1.49. The lowest BCUT2D eigenvalue weighted by atomic mass is 9.78. The molecule has 0 fully saturated rings. The number of Topliss-reactive ketones (excluding diaryl/α,β-unsaturated/α-hetero) is 1. The van der Waals surface area contributed by atoms with E-state index in [4.69, 9.17) is 4.74 Å². The minimum absolute atomic E-state index is 0.0361. The van der Waals surface area contributed by atoms with Crippen LogP contribution in [-0.2, 0) is 9.59 Å². The quantitative estimate of drug-likeness (QED) is 0.237. The summed E-state index contributed by atoms with van der Waals surface area (Å²) in [6, 6.07) is 33.2. The van der Waals surface area contributed by atoms with Crippen molar-refractivity contribution in [2.75, 3.05) is 10.2 Å². The molecule has 1 amide bonds. The highest BCUT2D eigenvalue weighted by Crippen LogP contribution is 2.47. The molecule has 0 saturated heterocycles. The largest absolute Gasteiger partial charge is 0.491 e. The predicted octanol–water partition coefficient (Wildman–Crippen LogP) is 8.40. The molecule has 1 heterocycles. The highest BCUT2D eigenvalue weighted by molar-refractivity contribution is 6.10. The highest BCUT2D eigenvalue weighted by Gasteiger charge is 2.41. The first kappa shape index (κ1) is 28.2. The number of rotatable bonds is 6. The summed E-state index contributed by atoms with van der Waals surface area (Å²) in [6.07, 6.45) is 4.52. The molecule has 2 unspecified atom stereocenters. The maximum atomic E-state index is 14.2. The molecule has 43 heavy (non-hydrogen) atoms. The number of aryl methyl sites for hydroxylation is 1. The van der Waals surface area contributed by atoms with E-state index in [9.17, 15) is 9.59 Å². The molecular weight excluding hydrogens is 532 g/mol. The third-order valence-corrected chi connectivity index (χ3v) is 8.06. The van der Waals surface area contributed by atoms with E-state index < -0.39 is 6.04 Å². The number of anilines is 2. The van der Waals surface area contributed by atoms with Crippen LogP contribution in [0.4, 0.5) is 11.4 Å². The number of ether oxygens (including phenoxy) is 1. The van der Waals surface area contributed by atoms with Crippen molar-refractivity contribution < 1.29 is 14.3 Å². The Morgan fingerprint density at radius 2 is 1.53 bits per heavy atom. The summed E-state index contributed by atoms with van der Waals surface area (Å²) in [5.41, 5.74) is 7.15. The van der Waals surface area contributed by atoms with Crippen molar-refractivity contribution in [3.63, 3.8) is 0 Å². The molecule has 1 aliphatic carbocycles. The van der Waals surface area contributed by atoms with Crippen LogP contribution in [0.2, 0.25) is 0 Å². The average Bonchev–Trinajstić information content (AvgIpc) is 3.16. The number of amides is 1. The van der Waals surface area contributed by atoms with Gasteiger partial charge in [-0.1, -0.05) is 84.4 Å². The van der Waals surface area contributed by atoms with E-state index in [0.717, 1.165) is 39.5 Å². The van der Waals surface area contributed by atoms with Crippen molar-refractivity contribution in [2.45, 2.75) is 51.7 Å². The van der Waals surface area contributed by atoms with Crippen LogP contribution in [0.5, 0.6) is 5.75 Å². The fourth-order valence-corrected chi connectivity index (χ4v) is 6.04. The number of allylic oxidation sites excluding steroid dienone is 1. The smallest absolute Gasteiger partial charge is 0.251 e. The van der Waals surface area contributed by atoms with Gasteiger partial charge in [-0.15, -0.1) is 0 Å². The summed E-state index contributed by atoms with van der Waals surface area (Å²) >= 11 is 0. The van der Waals surface area contributed by atoms with Gasteiger partial charge in [0.05, 0.1) is 23.5 Å². The van der Waals surface area contributed by atoms with Gasteiger partial charge in [0.1, 0.15) is 5.75 Å². The zero-order valence-electron chi connectivity index (χ0n) is 24.8. The van der Waals surface area contributed by atoms with Crippen LogP contribution in [0.25, 0.3) is 6.08 Å². The van der Waals surface area contributed by atoms with Crippen molar-refractivity contribution in [2.24, 2.45) is 0 Å². The molecule has 6 rings (SSSR count). The number of carbonyl (C=O) groups excluding carboxylic acids is 2. The second-order valence-corrected chi connectivity index (χ2v) is 11.6. The number of para-hydroxylation sites is 2. The molecule has 1 aliphatic heterocycles. The number of nitrogens with zero attached hydrogens (tertiary/aromatic N) is 1. The van der Waals surface area contributed by atoms with Crippen LogP contribution in [-0.4, -0.2) is 17.8 Å². The van der Waals surface area contributed by atoms with Gasteiger partial charge in [-0.05, 0) is 80.1 Å². The van der Waals surface area contributed by atoms with E-state index in [1.54, 1.807) is 11.0 Å². The molecule has 4 aromatic rings. The molecule has 4 aromatic carbocycles. The summed E-state index contributed by atoms with van der Waals surface area (Å²) < 4.78 is 5.92. The first-order chi connectivity index (χ1) is 20.9. The van der Waals surface area contributed by atoms with Crippen molar-refractivity contribution in [3.05, 3.63) is 143 Å². The summed E-state index contributed by atoms with van der Waals surface area (Å²) in [5.74, 6) is 0.642.